The second-order valence-corrected chi connectivity index (χ2v) is 5.59. The molecular formula is C14H23N3O2. The fourth-order valence-electron chi connectivity index (χ4n) is 2.68. The number of likely N-dealkylation sites (tertiary alicyclic amines) is 1. The molecule has 0 aliphatic carbocycles. The minimum absolute atomic E-state index is 0.0520. The summed E-state index contributed by atoms with van der Waals surface area (Å²) in [7, 11) is 0. The van der Waals surface area contributed by atoms with E-state index in [0.717, 1.165) is 43.9 Å². The fourth-order valence-corrected chi connectivity index (χ4v) is 2.68. The predicted octanol–water partition coefficient (Wildman–Crippen LogP) is 1.90. The summed E-state index contributed by atoms with van der Waals surface area (Å²) in [6.07, 6.45) is 3.70. The molecule has 0 bridgehead atoms. The molecule has 5 heteroatoms. The van der Waals surface area contributed by atoms with E-state index >= 15 is 0 Å². The monoisotopic (exact) mass is 265 g/mol. The van der Waals surface area contributed by atoms with Gasteiger partial charge in [-0.05, 0) is 19.4 Å². The Hall–Kier alpha value is -1.36. The molecule has 1 aliphatic heterocycles. The van der Waals surface area contributed by atoms with Crippen LogP contribution >= 0.6 is 0 Å². The number of hydrogen-bond acceptors (Lipinski definition) is 4. The number of piperidine rings is 1. The predicted molar refractivity (Wildman–Crippen MR) is 72.7 cm³/mol. The highest BCUT2D eigenvalue weighted by atomic mass is 16.3. The zero-order chi connectivity index (χ0) is 13.8. The van der Waals surface area contributed by atoms with E-state index in [-0.39, 0.29) is 11.9 Å². The zero-order valence-corrected chi connectivity index (χ0v) is 12.0. The zero-order valence-electron chi connectivity index (χ0n) is 12.0. The van der Waals surface area contributed by atoms with Crippen LogP contribution in [0.4, 0.5) is 0 Å². The average molecular weight is 265 g/mol. The van der Waals surface area contributed by atoms with E-state index < -0.39 is 0 Å². The average Bonchev–Trinajstić information content (AvgIpc) is 2.76. The summed E-state index contributed by atoms with van der Waals surface area (Å²) in [5, 5.41) is 3.00. The number of carbonyl (C=O) groups is 1. The number of hydrogen-bond donors (Lipinski definition) is 1. The lowest BCUT2D eigenvalue weighted by Crippen LogP contribution is -2.46. The molecule has 19 heavy (non-hydrogen) atoms. The topological polar surface area (TPSA) is 58.4 Å². The fraction of sp³-hybridized carbons (Fsp3) is 0.714. The van der Waals surface area contributed by atoms with Gasteiger partial charge in [0.2, 0.25) is 5.91 Å². The lowest BCUT2D eigenvalue weighted by molar-refractivity contribution is -0.120. The van der Waals surface area contributed by atoms with E-state index in [9.17, 15) is 4.79 Å². The third-order valence-corrected chi connectivity index (χ3v) is 3.48. The van der Waals surface area contributed by atoms with Gasteiger partial charge in [-0.1, -0.05) is 13.8 Å². The van der Waals surface area contributed by atoms with Crippen molar-refractivity contribution in [1.82, 2.24) is 15.2 Å². The molecule has 2 rings (SSSR count). The van der Waals surface area contributed by atoms with Gasteiger partial charge in [0.05, 0.1) is 5.69 Å². The number of nitrogens with one attached hydrogen (secondary N) is 1. The minimum Gasteiger partial charge on any atom is -0.448 e. The number of oxazole rings is 1. The third-order valence-electron chi connectivity index (χ3n) is 3.48. The van der Waals surface area contributed by atoms with Crippen LogP contribution in [-0.4, -0.2) is 34.9 Å². The van der Waals surface area contributed by atoms with Crippen LogP contribution in [0.3, 0.4) is 0 Å². The molecular weight excluding hydrogens is 242 g/mol. The summed E-state index contributed by atoms with van der Waals surface area (Å²) < 4.78 is 5.45. The van der Waals surface area contributed by atoms with E-state index in [2.05, 4.69) is 29.0 Å². The Kier molecular flexibility index (Phi) is 4.58. The van der Waals surface area contributed by atoms with Gasteiger partial charge in [0.1, 0.15) is 5.76 Å². The summed E-state index contributed by atoms with van der Waals surface area (Å²) in [5.41, 5.74) is 1.03. The van der Waals surface area contributed by atoms with Crippen LogP contribution < -0.4 is 5.32 Å². The molecule has 1 aliphatic rings. The highest BCUT2D eigenvalue weighted by Gasteiger charge is 2.22. The Labute approximate surface area is 114 Å². The van der Waals surface area contributed by atoms with Crippen molar-refractivity contribution in [2.24, 2.45) is 0 Å². The second-order valence-electron chi connectivity index (χ2n) is 5.59. The van der Waals surface area contributed by atoms with Gasteiger partial charge in [-0.3, -0.25) is 9.69 Å². The summed E-state index contributed by atoms with van der Waals surface area (Å²) in [5.74, 6) is 1.38. The summed E-state index contributed by atoms with van der Waals surface area (Å²) >= 11 is 0. The highest BCUT2D eigenvalue weighted by Crippen LogP contribution is 2.21. The lowest BCUT2D eigenvalue weighted by atomic mass is 10.0. The number of carbonyl (C=O) groups excluding carboxylic acids is 1. The molecule has 5 nitrogen and oxygen atoms in total. The van der Waals surface area contributed by atoms with Crippen LogP contribution in [0.1, 0.15) is 51.0 Å². The first-order chi connectivity index (χ1) is 9.06. The van der Waals surface area contributed by atoms with Gasteiger partial charge in [0, 0.05) is 32.0 Å². The summed E-state index contributed by atoms with van der Waals surface area (Å²) in [6.45, 7) is 8.55. The maximum atomic E-state index is 11.1. The number of amides is 1. The molecule has 1 N–H and O–H groups in total. The maximum absolute atomic E-state index is 11.1. The van der Waals surface area contributed by atoms with E-state index in [1.807, 2.05) is 0 Å². The Morgan fingerprint density at radius 2 is 2.42 bits per heavy atom. The molecule has 1 amide bonds. The van der Waals surface area contributed by atoms with Crippen molar-refractivity contribution >= 4 is 5.91 Å². The molecule has 0 aromatic carbocycles. The van der Waals surface area contributed by atoms with Crippen molar-refractivity contribution in [3.05, 3.63) is 17.8 Å². The molecule has 2 heterocycles. The van der Waals surface area contributed by atoms with Crippen LogP contribution in [0, 0.1) is 0 Å². The molecule has 1 unspecified atom stereocenters. The Balaban J connectivity index is 1.95. The van der Waals surface area contributed by atoms with Gasteiger partial charge in [0.25, 0.3) is 0 Å². The van der Waals surface area contributed by atoms with Crippen molar-refractivity contribution in [2.45, 2.75) is 52.1 Å². The van der Waals surface area contributed by atoms with Crippen molar-refractivity contribution in [3.63, 3.8) is 0 Å². The van der Waals surface area contributed by atoms with Gasteiger partial charge >= 0.3 is 0 Å². The summed E-state index contributed by atoms with van der Waals surface area (Å²) in [4.78, 5) is 17.8. The van der Waals surface area contributed by atoms with Gasteiger partial charge in [-0.2, -0.15) is 0 Å². The van der Waals surface area contributed by atoms with E-state index in [1.165, 1.54) is 6.39 Å². The first-order valence-corrected chi connectivity index (χ1v) is 6.98. The van der Waals surface area contributed by atoms with Crippen molar-refractivity contribution in [1.29, 1.82) is 0 Å². The van der Waals surface area contributed by atoms with Crippen LogP contribution in [0.15, 0.2) is 10.8 Å². The minimum atomic E-state index is 0.0520. The van der Waals surface area contributed by atoms with E-state index in [4.69, 9.17) is 4.42 Å². The normalized spacial score (nSPS) is 20.7. The van der Waals surface area contributed by atoms with Crippen LogP contribution in [-0.2, 0) is 11.3 Å². The molecule has 0 saturated carbocycles. The Morgan fingerprint density at radius 3 is 3.11 bits per heavy atom. The highest BCUT2D eigenvalue weighted by molar-refractivity contribution is 5.73. The molecule has 1 saturated heterocycles. The summed E-state index contributed by atoms with van der Waals surface area (Å²) in [6, 6.07) is 0.264. The first-order valence-electron chi connectivity index (χ1n) is 6.98. The first kappa shape index (κ1) is 14.1. The molecule has 1 aromatic rings. The number of aromatic nitrogens is 1. The lowest BCUT2D eigenvalue weighted by Gasteiger charge is -2.32. The van der Waals surface area contributed by atoms with Crippen LogP contribution in [0.2, 0.25) is 0 Å². The molecule has 1 fully saturated rings. The molecule has 0 radical (unpaired) electrons. The molecule has 1 atom stereocenters. The standard InChI is InChI=1S/C14H23N3O2/c1-10(2)14-13(15-9-19-14)8-17-6-4-5-12(7-17)16-11(3)18/h9-10,12H,4-8H2,1-3H3,(H,16,18). The number of nitrogens with zero attached hydrogens (tertiary/aromatic N) is 2. The van der Waals surface area contributed by atoms with Crippen molar-refractivity contribution in [2.75, 3.05) is 13.1 Å². The van der Waals surface area contributed by atoms with Crippen molar-refractivity contribution in [3.8, 4) is 0 Å². The maximum Gasteiger partial charge on any atom is 0.217 e. The molecule has 106 valence electrons. The Morgan fingerprint density at radius 1 is 1.63 bits per heavy atom. The van der Waals surface area contributed by atoms with Gasteiger partial charge in [-0.25, -0.2) is 4.98 Å². The van der Waals surface area contributed by atoms with Crippen molar-refractivity contribution < 1.29 is 9.21 Å². The van der Waals surface area contributed by atoms with Gasteiger partial charge in [-0.15, -0.1) is 0 Å². The van der Waals surface area contributed by atoms with Crippen LogP contribution in [0.5, 0.6) is 0 Å². The molecule has 1 aromatic heterocycles. The third kappa shape index (κ3) is 3.80. The van der Waals surface area contributed by atoms with Gasteiger partial charge < -0.3 is 9.73 Å². The van der Waals surface area contributed by atoms with Gasteiger partial charge in [0.15, 0.2) is 6.39 Å². The van der Waals surface area contributed by atoms with Crippen LogP contribution in [0.25, 0.3) is 0 Å². The Bertz CT molecular complexity index is 428. The second kappa shape index (κ2) is 6.19. The van der Waals surface area contributed by atoms with E-state index in [0.29, 0.717) is 5.92 Å². The quantitative estimate of drug-likeness (QED) is 0.903. The smallest absolute Gasteiger partial charge is 0.217 e. The largest absolute Gasteiger partial charge is 0.448 e. The molecule has 0 spiro atoms. The SMILES string of the molecule is CC(=O)NC1CCCN(Cc2ncoc2C(C)C)C1. The van der Waals surface area contributed by atoms with E-state index in [1.54, 1.807) is 6.92 Å². The number of rotatable bonds is 4.